The Kier molecular flexibility index (Phi) is 9.05. The van der Waals surface area contributed by atoms with Crippen molar-refractivity contribution >= 4 is 56.2 Å². The standard InChI is InChI=1S/C20H25ClFN5O5S2/c1-27(10-19(29)24-11-32-12-28)17-5-3-2-4-15(17)25-16-9-14(22)18(8-13(16)21)34(30,31)26-20-23-6-7-33-20/h6-9,12,15,17,25H,2-5,10-11H2,1H3,(H,23,26)(H,24,29)/t15-,17-/m0/s1. The second kappa shape index (κ2) is 11.8. The molecule has 3 rings (SSSR count). The molecule has 2 atom stereocenters. The first-order valence-corrected chi connectivity index (χ1v) is 13.2. The fraction of sp³-hybridized carbons (Fsp3) is 0.450. The quantitative estimate of drug-likeness (QED) is 0.228. The number of likely N-dealkylation sites (N-methyl/N-ethyl adjacent to an activating group) is 1. The number of nitrogens with zero attached hydrogens (tertiary/aromatic N) is 2. The van der Waals surface area contributed by atoms with E-state index in [4.69, 9.17) is 11.6 Å². The summed E-state index contributed by atoms with van der Waals surface area (Å²) in [4.78, 5) is 27.4. The number of ether oxygens (including phenoxy) is 1. The van der Waals surface area contributed by atoms with Gasteiger partial charge in [0.25, 0.3) is 16.5 Å². The minimum atomic E-state index is -4.21. The average molecular weight is 534 g/mol. The molecule has 0 saturated heterocycles. The Morgan fingerprint density at radius 3 is 2.85 bits per heavy atom. The zero-order chi connectivity index (χ0) is 24.7. The number of nitrogens with one attached hydrogen (secondary N) is 3. The molecule has 0 spiro atoms. The molecule has 1 heterocycles. The van der Waals surface area contributed by atoms with Gasteiger partial charge in [0.15, 0.2) is 11.9 Å². The smallest absolute Gasteiger partial charge is 0.294 e. The van der Waals surface area contributed by atoms with E-state index in [9.17, 15) is 22.4 Å². The first kappa shape index (κ1) is 26.1. The van der Waals surface area contributed by atoms with Crippen LogP contribution in [0.4, 0.5) is 15.2 Å². The maximum absolute atomic E-state index is 14.8. The lowest BCUT2D eigenvalue weighted by Gasteiger charge is -2.38. The van der Waals surface area contributed by atoms with Crippen molar-refractivity contribution in [1.29, 1.82) is 0 Å². The molecule has 1 amide bonds. The van der Waals surface area contributed by atoms with Crippen LogP contribution < -0.4 is 15.4 Å². The summed E-state index contributed by atoms with van der Waals surface area (Å²) in [6, 6.07) is 1.93. The molecule has 0 aliphatic heterocycles. The van der Waals surface area contributed by atoms with Crippen molar-refractivity contribution in [3.05, 3.63) is 34.5 Å². The number of sulfonamides is 1. The maximum Gasteiger partial charge on any atom is 0.294 e. The molecule has 2 aromatic rings. The van der Waals surface area contributed by atoms with Gasteiger partial charge in [0.2, 0.25) is 5.91 Å². The molecule has 0 bridgehead atoms. The van der Waals surface area contributed by atoms with Crippen LogP contribution in [0.25, 0.3) is 0 Å². The molecule has 1 aliphatic rings. The minimum Gasteiger partial charge on any atom is -0.447 e. The van der Waals surface area contributed by atoms with E-state index in [1.165, 1.54) is 6.20 Å². The Bertz CT molecular complexity index is 1100. The largest absolute Gasteiger partial charge is 0.447 e. The predicted octanol–water partition coefficient (Wildman–Crippen LogP) is 2.64. The summed E-state index contributed by atoms with van der Waals surface area (Å²) in [5, 5.41) is 7.47. The second-order valence-electron chi connectivity index (χ2n) is 7.73. The van der Waals surface area contributed by atoms with E-state index >= 15 is 0 Å². The Labute approximate surface area is 205 Å². The SMILES string of the molecule is CN(CC(=O)NCOC=O)[C@H]1CCCC[C@@H]1Nc1cc(F)c(S(=O)(=O)Nc2nccs2)cc1Cl. The number of benzene rings is 1. The number of carbonyl (C=O) groups is 2. The van der Waals surface area contributed by atoms with E-state index in [0.29, 0.717) is 0 Å². The topological polar surface area (TPSA) is 130 Å². The lowest BCUT2D eigenvalue weighted by atomic mass is 9.89. The van der Waals surface area contributed by atoms with Crippen molar-refractivity contribution in [1.82, 2.24) is 15.2 Å². The van der Waals surface area contributed by atoms with Gasteiger partial charge in [-0.2, -0.15) is 0 Å². The Morgan fingerprint density at radius 1 is 1.38 bits per heavy atom. The highest BCUT2D eigenvalue weighted by atomic mass is 35.5. The maximum atomic E-state index is 14.8. The summed E-state index contributed by atoms with van der Waals surface area (Å²) in [5.41, 5.74) is 0.265. The van der Waals surface area contributed by atoms with Crippen LogP contribution in [0, 0.1) is 5.82 Å². The summed E-state index contributed by atoms with van der Waals surface area (Å²) in [5.74, 6) is -1.26. The Balaban J connectivity index is 1.72. The molecule has 3 N–H and O–H groups in total. The van der Waals surface area contributed by atoms with Gasteiger partial charge in [0.1, 0.15) is 10.7 Å². The van der Waals surface area contributed by atoms with Gasteiger partial charge in [-0.05, 0) is 32.0 Å². The van der Waals surface area contributed by atoms with Crippen molar-refractivity contribution < 1.29 is 27.1 Å². The number of halogens is 2. The number of thiazole rings is 1. The molecule has 1 aromatic carbocycles. The van der Waals surface area contributed by atoms with Crippen molar-refractivity contribution in [3.8, 4) is 0 Å². The normalized spacial score (nSPS) is 18.4. The fourth-order valence-corrected chi connectivity index (χ4v) is 6.01. The zero-order valence-corrected chi connectivity index (χ0v) is 20.7. The second-order valence-corrected chi connectivity index (χ2v) is 10.7. The van der Waals surface area contributed by atoms with Crippen molar-refractivity contribution in [3.63, 3.8) is 0 Å². The van der Waals surface area contributed by atoms with Gasteiger partial charge >= 0.3 is 0 Å². The van der Waals surface area contributed by atoms with E-state index in [0.717, 1.165) is 49.2 Å². The van der Waals surface area contributed by atoms with Crippen LogP contribution in [0.3, 0.4) is 0 Å². The number of hydrogen-bond donors (Lipinski definition) is 3. The molecular formula is C20H25ClFN5O5S2. The van der Waals surface area contributed by atoms with E-state index < -0.39 is 20.7 Å². The highest BCUT2D eigenvalue weighted by Gasteiger charge is 2.30. The monoisotopic (exact) mass is 533 g/mol. The van der Waals surface area contributed by atoms with Gasteiger partial charge in [-0.25, -0.2) is 17.8 Å². The fourth-order valence-electron chi connectivity index (χ4n) is 3.85. The van der Waals surface area contributed by atoms with Crippen LogP contribution >= 0.6 is 22.9 Å². The Morgan fingerprint density at radius 2 is 2.15 bits per heavy atom. The number of rotatable bonds is 11. The number of anilines is 2. The van der Waals surface area contributed by atoms with Crippen LogP contribution in [-0.4, -0.2) is 63.1 Å². The summed E-state index contributed by atoms with van der Waals surface area (Å²) in [6.45, 7) is 0.121. The van der Waals surface area contributed by atoms with Gasteiger partial charge in [-0.1, -0.05) is 24.4 Å². The lowest BCUT2D eigenvalue weighted by molar-refractivity contribution is -0.132. The number of carbonyl (C=O) groups excluding carboxylic acids is 2. The highest BCUT2D eigenvalue weighted by Crippen LogP contribution is 2.32. The number of aromatic nitrogens is 1. The van der Waals surface area contributed by atoms with Gasteiger partial charge in [-0.3, -0.25) is 19.2 Å². The molecule has 34 heavy (non-hydrogen) atoms. The number of amides is 1. The molecule has 0 unspecified atom stereocenters. The minimum absolute atomic E-state index is 0.0524. The van der Waals surface area contributed by atoms with Crippen LogP contribution in [0.1, 0.15) is 25.7 Å². The van der Waals surface area contributed by atoms with E-state index in [1.807, 2.05) is 4.90 Å². The predicted molar refractivity (Wildman–Crippen MR) is 127 cm³/mol. The van der Waals surface area contributed by atoms with Gasteiger partial charge in [-0.15, -0.1) is 11.3 Å². The average Bonchev–Trinajstić information content (AvgIpc) is 3.28. The van der Waals surface area contributed by atoms with E-state index in [1.54, 1.807) is 12.4 Å². The lowest BCUT2D eigenvalue weighted by Crippen LogP contribution is -2.50. The van der Waals surface area contributed by atoms with Crippen LogP contribution in [0.2, 0.25) is 5.02 Å². The molecule has 1 saturated carbocycles. The zero-order valence-electron chi connectivity index (χ0n) is 18.3. The third kappa shape index (κ3) is 6.78. The van der Waals surface area contributed by atoms with Gasteiger partial charge in [0.05, 0.1) is 17.3 Å². The molecular weight excluding hydrogens is 509 g/mol. The molecule has 10 nitrogen and oxygen atoms in total. The summed E-state index contributed by atoms with van der Waals surface area (Å²) >= 11 is 7.41. The molecule has 186 valence electrons. The summed E-state index contributed by atoms with van der Waals surface area (Å²) in [7, 11) is -2.41. The first-order valence-electron chi connectivity index (χ1n) is 10.4. The van der Waals surface area contributed by atoms with E-state index in [2.05, 4.69) is 25.1 Å². The molecule has 1 aromatic heterocycles. The highest BCUT2D eigenvalue weighted by molar-refractivity contribution is 7.93. The molecule has 14 heteroatoms. The molecule has 0 radical (unpaired) electrons. The van der Waals surface area contributed by atoms with Gasteiger partial charge < -0.3 is 15.4 Å². The van der Waals surface area contributed by atoms with Crippen molar-refractivity contribution in [2.45, 2.75) is 42.7 Å². The first-order chi connectivity index (χ1) is 16.2. The summed E-state index contributed by atoms with van der Waals surface area (Å²) in [6.07, 6.45) is 4.89. The molecule has 1 aliphatic carbocycles. The van der Waals surface area contributed by atoms with Gasteiger partial charge in [0, 0.05) is 23.7 Å². The Hall–Kier alpha value is -2.48. The van der Waals surface area contributed by atoms with Crippen LogP contribution in [-0.2, 0) is 24.3 Å². The number of hydrogen-bond acceptors (Lipinski definition) is 9. The van der Waals surface area contributed by atoms with Crippen molar-refractivity contribution in [2.24, 2.45) is 0 Å². The van der Waals surface area contributed by atoms with Crippen molar-refractivity contribution in [2.75, 3.05) is 30.4 Å². The van der Waals surface area contributed by atoms with E-state index in [-0.39, 0.29) is 53.6 Å². The molecule has 1 fully saturated rings. The summed E-state index contributed by atoms with van der Waals surface area (Å²) < 4.78 is 46.7. The van der Waals surface area contributed by atoms with Crippen LogP contribution in [0.5, 0.6) is 0 Å². The van der Waals surface area contributed by atoms with Crippen LogP contribution in [0.15, 0.2) is 28.6 Å². The third-order valence-electron chi connectivity index (χ3n) is 5.42. The third-order valence-corrected chi connectivity index (χ3v) is 7.90.